The smallest absolute Gasteiger partial charge is 0.221 e. The number of nitrogens with zero attached hydrogens (tertiary/aromatic N) is 1. The minimum absolute atomic E-state index is 0.0783. The van der Waals surface area contributed by atoms with Gasteiger partial charge in [0, 0.05) is 32.1 Å². The minimum Gasteiger partial charge on any atom is -0.359 e. The zero-order valence-corrected chi connectivity index (χ0v) is 12.2. The molecule has 0 saturated carbocycles. The molecule has 0 spiro atoms. The summed E-state index contributed by atoms with van der Waals surface area (Å²) >= 11 is 0. The lowest BCUT2D eigenvalue weighted by molar-refractivity contribution is -0.121. The number of hydrogen-bond acceptors (Lipinski definition) is 3. The highest BCUT2D eigenvalue weighted by molar-refractivity contribution is 5.75. The van der Waals surface area contributed by atoms with E-state index in [9.17, 15) is 4.79 Å². The fraction of sp³-hybridized carbons (Fsp3) is 0.923. The van der Waals surface area contributed by atoms with Crippen LogP contribution < -0.4 is 11.1 Å². The Labute approximate surface area is 106 Å². The van der Waals surface area contributed by atoms with Crippen LogP contribution in [0.25, 0.3) is 0 Å². The van der Waals surface area contributed by atoms with Crippen molar-refractivity contribution in [2.24, 2.45) is 11.1 Å². The van der Waals surface area contributed by atoms with E-state index >= 15 is 0 Å². The van der Waals surface area contributed by atoms with Crippen molar-refractivity contribution < 1.29 is 4.79 Å². The highest BCUT2D eigenvalue weighted by Gasteiger charge is 2.32. The molecule has 2 unspecified atom stereocenters. The third-order valence-electron chi connectivity index (χ3n) is 3.21. The second kappa shape index (κ2) is 6.97. The van der Waals surface area contributed by atoms with Crippen LogP contribution in [0.3, 0.4) is 0 Å². The van der Waals surface area contributed by atoms with E-state index in [1.54, 1.807) is 7.05 Å². The summed E-state index contributed by atoms with van der Waals surface area (Å²) in [5, 5.41) is 2.64. The summed E-state index contributed by atoms with van der Waals surface area (Å²) in [7, 11) is 3.72. The van der Waals surface area contributed by atoms with Crippen LogP contribution in [-0.4, -0.2) is 43.5 Å². The van der Waals surface area contributed by atoms with Crippen LogP contribution in [0.15, 0.2) is 0 Å². The third-order valence-corrected chi connectivity index (χ3v) is 3.21. The van der Waals surface area contributed by atoms with Gasteiger partial charge < -0.3 is 16.0 Å². The van der Waals surface area contributed by atoms with Crippen LogP contribution in [0.2, 0.25) is 0 Å². The van der Waals surface area contributed by atoms with E-state index in [1.807, 2.05) is 7.05 Å². The molecule has 0 aliphatic rings. The summed E-state index contributed by atoms with van der Waals surface area (Å²) < 4.78 is 0. The van der Waals surface area contributed by atoms with Gasteiger partial charge in [-0.2, -0.15) is 0 Å². The lowest BCUT2D eigenvalue weighted by Gasteiger charge is -2.41. The molecular formula is C13H29N3O. The number of amides is 1. The first-order valence-corrected chi connectivity index (χ1v) is 6.40. The number of nitrogens with one attached hydrogen (secondary N) is 1. The van der Waals surface area contributed by atoms with E-state index in [0.29, 0.717) is 6.42 Å². The molecule has 0 aliphatic heterocycles. The molecule has 0 aromatic heterocycles. The summed E-state index contributed by atoms with van der Waals surface area (Å²) in [5.41, 5.74) is 6.32. The summed E-state index contributed by atoms with van der Waals surface area (Å²) in [5.74, 6) is 0.0783. The van der Waals surface area contributed by atoms with Crippen LogP contribution in [0.5, 0.6) is 0 Å². The van der Waals surface area contributed by atoms with Crippen molar-refractivity contribution in [1.82, 2.24) is 10.2 Å². The Bertz CT molecular complexity index is 235. The number of carbonyl (C=O) groups is 1. The Hall–Kier alpha value is -0.610. The lowest BCUT2D eigenvalue weighted by atomic mass is 9.80. The number of rotatable bonds is 6. The van der Waals surface area contributed by atoms with E-state index in [0.717, 1.165) is 13.0 Å². The Balaban J connectivity index is 4.54. The van der Waals surface area contributed by atoms with Gasteiger partial charge in [0.25, 0.3) is 0 Å². The predicted molar refractivity (Wildman–Crippen MR) is 72.8 cm³/mol. The second-order valence-electron chi connectivity index (χ2n) is 5.79. The fourth-order valence-electron chi connectivity index (χ4n) is 2.40. The molecule has 3 N–H and O–H groups in total. The van der Waals surface area contributed by atoms with Gasteiger partial charge in [-0.25, -0.2) is 0 Å². The molecule has 17 heavy (non-hydrogen) atoms. The van der Waals surface area contributed by atoms with Crippen LogP contribution in [-0.2, 0) is 4.79 Å². The molecule has 0 fully saturated rings. The van der Waals surface area contributed by atoms with Gasteiger partial charge in [0.2, 0.25) is 5.91 Å². The van der Waals surface area contributed by atoms with Gasteiger partial charge in [-0.1, -0.05) is 27.7 Å². The molecule has 0 aromatic rings. The average Bonchev–Trinajstić information content (AvgIpc) is 2.23. The molecule has 102 valence electrons. The van der Waals surface area contributed by atoms with Crippen molar-refractivity contribution in [3.63, 3.8) is 0 Å². The van der Waals surface area contributed by atoms with E-state index in [4.69, 9.17) is 5.73 Å². The molecule has 0 aliphatic carbocycles. The summed E-state index contributed by atoms with van der Waals surface area (Å²) in [6.07, 6.45) is 1.47. The van der Waals surface area contributed by atoms with Crippen molar-refractivity contribution in [2.45, 2.75) is 52.6 Å². The monoisotopic (exact) mass is 243 g/mol. The zero-order chi connectivity index (χ0) is 13.6. The van der Waals surface area contributed by atoms with Crippen molar-refractivity contribution in [3.05, 3.63) is 0 Å². The normalized spacial score (nSPS) is 15.8. The van der Waals surface area contributed by atoms with Crippen molar-refractivity contribution in [1.29, 1.82) is 0 Å². The Morgan fingerprint density at radius 3 is 2.29 bits per heavy atom. The van der Waals surface area contributed by atoms with Crippen LogP contribution in [0, 0.1) is 5.41 Å². The molecule has 0 rings (SSSR count). The molecular weight excluding hydrogens is 214 g/mol. The molecule has 4 nitrogen and oxygen atoms in total. The molecule has 1 amide bonds. The Kier molecular flexibility index (Phi) is 6.72. The van der Waals surface area contributed by atoms with Gasteiger partial charge >= 0.3 is 0 Å². The first-order valence-electron chi connectivity index (χ1n) is 6.40. The van der Waals surface area contributed by atoms with E-state index < -0.39 is 0 Å². The summed E-state index contributed by atoms with van der Waals surface area (Å²) in [4.78, 5) is 13.5. The maximum atomic E-state index is 11.3. The fourth-order valence-corrected chi connectivity index (χ4v) is 2.40. The largest absolute Gasteiger partial charge is 0.359 e. The van der Waals surface area contributed by atoms with Gasteiger partial charge in [-0.15, -0.1) is 0 Å². The first kappa shape index (κ1) is 16.4. The SMILES string of the molecule is CCC(N)C(N(C)CCC(=O)NC)C(C)(C)C. The number of likely N-dealkylation sites (N-methyl/N-ethyl adjacent to an activating group) is 1. The maximum Gasteiger partial charge on any atom is 0.221 e. The van der Waals surface area contributed by atoms with Crippen LogP contribution in [0.1, 0.15) is 40.5 Å². The standard InChI is InChI=1S/C13H29N3O/c1-7-10(14)12(13(2,3)4)16(6)9-8-11(17)15-5/h10,12H,7-9,14H2,1-6H3,(H,15,17). The number of nitrogens with two attached hydrogens (primary N) is 1. The van der Waals surface area contributed by atoms with Gasteiger partial charge in [0.1, 0.15) is 0 Å². The summed E-state index contributed by atoms with van der Waals surface area (Å²) in [6.45, 7) is 9.45. The van der Waals surface area contributed by atoms with Crippen LogP contribution >= 0.6 is 0 Å². The number of carbonyl (C=O) groups excluding carboxylic acids is 1. The van der Waals surface area contributed by atoms with E-state index in [2.05, 4.69) is 37.9 Å². The lowest BCUT2D eigenvalue weighted by Crippen LogP contribution is -2.53. The van der Waals surface area contributed by atoms with Gasteiger partial charge in [0.15, 0.2) is 0 Å². The molecule has 0 bridgehead atoms. The van der Waals surface area contributed by atoms with Crippen molar-refractivity contribution in [3.8, 4) is 0 Å². The molecule has 0 heterocycles. The minimum atomic E-state index is 0.0783. The summed E-state index contributed by atoms with van der Waals surface area (Å²) in [6, 6.07) is 0.432. The van der Waals surface area contributed by atoms with Gasteiger partial charge in [-0.3, -0.25) is 4.79 Å². The van der Waals surface area contributed by atoms with Gasteiger partial charge in [0.05, 0.1) is 0 Å². The predicted octanol–water partition coefficient (Wildman–Crippen LogP) is 1.21. The van der Waals surface area contributed by atoms with Crippen molar-refractivity contribution >= 4 is 5.91 Å². The molecule has 0 aromatic carbocycles. The molecule has 0 radical (unpaired) electrons. The molecule has 0 saturated heterocycles. The Morgan fingerprint density at radius 1 is 1.41 bits per heavy atom. The molecule has 2 atom stereocenters. The number of hydrogen-bond donors (Lipinski definition) is 2. The van der Waals surface area contributed by atoms with Gasteiger partial charge in [-0.05, 0) is 18.9 Å². The zero-order valence-electron chi connectivity index (χ0n) is 12.2. The highest BCUT2D eigenvalue weighted by Crippen LogP contribution is 2.26. The van der Waals surface area contributed by atoms with Crippen molar-refractivity contribution in [2.75, 3.05) is 20.6 Å². The molecule has 4 heteroatoms. The van der Waals surface area contributed by atoms with E-state index in [-0.39, 0.29) is 23.4 Å². The second-order valence-corrected chi connectivity index (χ2v) is 5.79. The van der Waals surface area contributed by atoms with E-state index in [1.165, 1.54) is 0 Å². The maximum absolute atomic E-state index is 11.3. The first-order chi connectivity index (χ1) is 7.73. The highest BCUT2D eigenvalue weighted by atomic mass is 16.1. The Morgan fingerprint density at radius 2 is 1.94 bits per heavy atom. The topological polar surface area (TPSA) is 58.4 Å². The van der Waals surface area contributed by atoms with Crippen LogP contribution in [0.4, 0.5) is 0 Å². The average molecular weight is 243 g/mol. The third kappa shape index (κ3) is 5.50. The quantitative estimate of drug-likeness (QED) is 0.737.